The lowest BCUT2D eigenvalue weighted by Gasteiger charge is -2.50. The Balaban J connectivity index is 1.41. The number of amides is 2. The number of aliphatic carboxylic acids is 1. The quantitative estimate of drug-likeness (QED) is 0.0246. The molecule has 89 heavy (non-hydrogen) atoms. The highest BCUT2D eigenvalue weighted by molar-refractivity contribution is 5.95. The molecule has 0 unspecified atom stereocenters. The number of aldehydes is 1. The fourth-order valence-corrected chi connectivity index (χ4v) is 11.7. The van der Waals surface area contributed by atoms with E-state index in [0.717, 1.165) is 44.9 Å². The van der Waals surface area contributed by atoms with Gasteiger partial charge in [0.2, 0.25) is 5.91 Å². The van der Waals surface area contributed by atoms with Crippen molar-refractivity contribution in [2.75, 3.05) is 26.4 Å². The van der Waals surface area contributed by atoms with Crippen LogP contribution in [0.4, 0.5) is 0 Å². The maximum absolute atomic E-state index is 13.4. The van der Waals surface area contributed by atoms with E-state index in [0.29, 0.717) is 19.1 Å². The molecule has 1 aromatic rings. The Bertz CT molecular complexity index is 2130. The largest absolute Gasteiger partial charge is 0.477 e. The van der Waals surface area contributed by atoms with Gasteiger partial charge >= 0.3 is 5.97 Å². The Morgan fingerprint density at radius 1 is 0.652 bits per heavy atom. The second kappa shape index (κ2) is 43.3. The van der Waals surface area contributed by atoms with Gasteiger partial charge in [-0.05, 0) is 31.4 Å². The number of hydrogen-bond acceptors (Lipinski definition) is 21. The average Bonchev–Trinajstić information content (AvgIpc) is 1.36. The molecule has 0 spiro atoms. The number of nitrogens with one attached hydrogen (secondary N) is 2. The van der Waals surface area contributed by atoms with Gasteiger partial charge in [-0.25, -0.2) is 4.79 Å². The van der Waals surface area contributed by atoms with Gasteiger partial charge in [-0.3, -0.25) is 14.4 Å². The second-order valence-electron chi connectivity index (χ2n) is 24.4. The first-order valence-corrected chi connectivity index (χ1v) is 33.2. The zero-order valence-electron chi connectivity index (χ0n) is 52.6. The van der Waals surface area contributed by atoms with Crippen LogP contribution in [-0.4, -0.2) is 222 Å². The molecule has 0 bridgehead atoms. The van der Waals surface area contributed by atoms with Crippen LogP contribution in [-0.2, 0) is 38.0 Å². The molecule has 24 heteroatoms. The maximum Gasteiger partial charge on any atom is 0.364 e. The number of carboxylic acid groups (broad SMARTS) is 1. The molecule has 14 N–H and O–H groups in total. The molecule has 1 aromatic carbocycles. The van der Waals surface area contributed by atoms with Crippen molar-refractivity contribution in [3.8, 4) is 0 Å². The Labute approximate surface area is 525 Å². The third-order valence-corrected chi connectivity index (χ3v) is 17.2. The number of hydrogen-bond donors (Lipinski definition) is 14. The SMILES string of the molecule is CCCCCCCCCCCCC/C=C/[C@@H](O)[C@H](CO[C@@H]1O[C@H](CO)[C@@H](O[C@@H]2O[C@H](CO)[C@H](O)[C@H](O[C@]3(C(=O)O)C[C@H](O)[C@@H](NC(=O)c4ccc(C=O)cc4)[C@H]([C@H](O)[C@H](O)CO)O3)[C@H]2O)[C@H](O)[C@H]1O)NC(=O)CCCCCCCCCCCCCCCCC. The van der Waals surface area contributed by atoms with E-state index in [2.05, 4.69) is 24.5 Å². The van der Waals surface area contributed by atoms with Gasteiger partial charge in [-0.2, -0.15) is 0 Å². The highest BCUT2D eigenvalue weighted by atomic mass is 16.8. The van der Waals surface area contributed by atoms with Crippen molar-refractivity contribution < 1.29 is 109 Å². The minimum atomic E-state index is -3.16. The molecule has 0 aliphatic carbocycles. The van der Waals surface area contributed by atoms with Gasteiger partial charge in [0.25, 0.3) is 11.7 Å². The second-order valence-corrected chi connectivity index (χ2v) is 24.4. The summed E-state index contributed by atoms with van der Waals surface area (Å²) in [4.78, 5) is 51.2. The van der Waals surface area contributed by atoms with Crippen LogP contribution in [0.5, 0.6) is 0 Å². The zero-order chi connectivity index (χ0) is 65.1. The number of carboxylic acids is 1. The van der Waals surface area contributed by atoms with Crippen LogP contribution >= 0.6 is 0 Å². The van der Waals surface area contributed by atoms with E-state index in [1.54, 1.807) is 6.08 Å². The summed E-state index contributed by atoms with van der Waals surface area (Å²) in [7, 11) is 0. The van der Waals surface area contributed by atoms with Crippen LogP contribution in [0.25, 0.3) is 0 Å². The molecular weight excluding hydrogens is 1160 g/mol. The van der Waals surface area contributed by atoms with E-state index in [1.807, 2.05) is 6.08 Å². The predicted octanol–water partition coefficient (Wildman–Crippen LogP) is 4.27. The van der Waals surface area contributed by atoms with Crippen LogP contribution in [0.2, 0.25) is 0 Å². The average molecular weight is 1270 g/mol. The molecule has 0 aromatic heterocycles. The first-order chi connectivity index (χ1) is 42.9. The van der Waals surface area contributed by atoms with Gasteiger partial charge in [0.15, 0.2) is 12.6 Å². The fourth-order valence-electron chi connectivity index (χ4n) is 11.7. The summed E-state index contributed by atoms with van der Waals surface area (Å²) in [5.41, 5.74) is 0.171. The van der Waals surface area contributed by atoms with E-state index in [4.69, 9.17) is 28.4 Å². The molecule has 18 atom stereocenters. The highest BCUT2D eigenvalue weighted by Crippen LogP contribution is 2.39. The third kappa shape index (κ3) is 26.0. The number of allylic oxidation sites excluding steroid dienone is 1. The topological polar surface area (TPSA) is 390 Å². The summed E-state index contributed by atoms with van der Waals surface area (Å²) in [6, 6.07) is 2.37. The molecule has 3 aliphatic heterocycles. The lowest BCUT2D eigenvalue weighted by Crippen LogP contribution is -2.71. The summed E-state index contributed by atoms with van der Waals surface area (Å²) in [5, 5.41) is 138. The standard InChI is InChI=1S/C65H110N2O22/c1-3-5-7-9-11-13-15-17-18-20-22-24-26-28-30-32-51(75)66-45(46(72)31-29-27-25-23-21-19-16-14-12-10-8-6-4-2)42-84-62-56(79)55(78)58(50(41-71)86-62)87-63-57(80)60(54(77)49(40-70)85-63)89-65(64(82)83)37-47(73)52(59(88-65)53(76)48(74)39-69)67-61(81)44-35-33-43(38-68)34-36-44/h29,31,33-36,38,45-50,52-60,62-63,69-74,76-80H,3-28,30,32,37,39-42H2,1-2H3,(H,66,75)(H,67,81)(H,82,83)/b31-29+/t45-,46+,47-,48+,49+,50+,52+,53+,54-,55+,56+,57+,58+,59+,60-,62+,63-,65-/m0/s1. The number of benzene rings is 1. The van der Waals surface area contributed by atoms with Crippen LogP contribution in [0.15, 0.2) is 36.4 Å². The molecular formula is C65H110N2O22. The highest BCUT2D eigenvalue weighted by Gasteiger charge is 2.60. The third-order valence-electron chi connectivity index (χ3n) is 17.2. The van der Waals surface area contributed by atoms with Crippen molar-refractivity contribution in [3.63, 3.8) is 0 Å². The fraction of sp³-hybridized carbons (Fsp3) is 0.815. The molecule has 512 valence electrons. The molecule has 3 heterocycles. The van der Waals surface area contributed by atoms with E-state index < -0.39 is 155 Å². The molecule has 3 aliphatic rings. The first-order valence-electron chi connectivity index (χ1n) is 33.2. The maximum atomic E-state index is 13.4. The minimum Gasteiger partial charge on any atom is -0.477 e. The predicted molar refractivity (Wildman–Crippen MR) is 327 cm³/mol. The lowest BCUT2D eigenvalue weighted by molar-refractivity contribution is -0.386. The van der Waals surface area contributed by atoms with Crippen molar-refractivity contribution in [2.24, 2.45) is 0 Å². The van der Waals surface area contributed by atoms with Crippen LogP contribution in [0.3, 0.4) is 0 Å². The number of aliphatic hydroxyl groups excluding tert-OH is 11. The van der Waals surface area contributed by atoms with Crippen molar-refractivity contribution in [3.05, 3.63) is 47.5 Å². The summed E-state index contributed by atoms with van der Waals surface area (Å²) in [6.45, 7) is 0.926. The Hall–Kier alpha value is -3.64. The van der Waals surface area contributed by atoms with Gasteiger partial charge in [-0.1, -0.05) is 192 Å². The first kappa shape index (κ1) is 77.8. The number of unbranched alkanes of at least 4 members (excludes halogenated alkanes) is 25. The van der Waals surface area contributed by atoms with Gasteiger partial charge in [0.1, 0.15) is 73.4 Å². The molecule has 2 amide bonds. The monoisotopic (exact) mass is 1270 g/mol. The van der Waals surface area contributed by atoms with Gasteiger partial charge in [0.05, 0.1) is 50.7 Å². The minimum absolute atomic E-state index is 0.0511. The van der Waals surface area contributed by atoms with Crippen molar-refractivity contribution in [2.45, 2.75) is 310 Å². The molecule has 3 saturated heterocycles. The summed E-state index contributed by atoms with van der Waals surface area (Å²) in [5.74, 6) is -6.43. The van der Waals surface area contributed by atoms with E-state index in [1.165, 1.54) is 140 Å². The molecule has 3 fully saturated rings. The van der Waals surface area contributed by atoms with Gasteiger partial charge in [-0.15, -0.1) is 0 Å². The molecule has 24 nitrogen and oxygen atoms in total. The zero-order valence-corrected chi connectivity index (χ0v) is 52.6. The van der Waals surface area contributed by atoms with Crippen molar-refractivity contribution >= 4 is 24.1 Å². The molecule has 0 radical (unpaired) electrons. The number of carbonyl (C=O) groups excluding carboxylic acids is 3. The van der Waals surface area contributed by atoms with Crippen LogP contribution in [0.1, 0.15) is 221 Å². The van der Waals surface area contributed by atoms with Crippen LogP contribution < -0.4 is 10.6 Å². The lowest BCUT2D eigenvalue weighted by atomic mass is 9.87. The smallest absolute Gasteiger partial charge is 0.364 e. The van der Waals surface area contributed by atoms with E-state index >= 15 is 0 Å². The summed E-state index contributed by atoms with van der Waals surface area (Å²) >= 11 is 0. The normalized spacial score (nSPS) is 28.7. The summed E-state index contributed by atoms with van der Waals surface area (Å²) in [6.07, 6.45) is 5.03. The summed E-state index contributed by atoms with van der Waals surface area (Å²) < 4.78 is 35.0. The Kier molecular flexibility index (Phi) is 37.9. The number of carbonyl (C=O) groups is 4. The Morgan fingerprint density at radius 3 is 1.67 bits per heavy atom. The van der Waals surface area contributed by atoms with E-state index in [9.17, 15) is 80.5 Å². The number of ether oxygens (including phenoxy) is 6. The van der Waals surface area contributed by atoms with Crippen molar-refractivity contribution in [1.29, 1.82) is 0 Å². The molecule has 0 saturated carbocycles. The van der Waals surface area contributed by atoms with Crippen LogP contribution in [0, 0.1) is 0 Å². The number of aliphatic hydroxyl groups is 11. The van der Waals surface area contributed by atoms with Gasteiger partial charge in [0, 0.05) is 24.0 Å². The molecule has 4 rings (SSSR count). The van der Waals surface area contributed by atoms with Gasteiger partial charge < -0.3 is 100 Å². The Morgan fingerprint density at radius 2 is 1.17 bits per heavy atom. The van der Waals surface area contributed by atoms with Crippen molar-refractivity contribution in [1.82, 2.24) is 10.6 Å². The number of rotatable bonds is 47. The van der Waals surface area contributed by atoms with E-state index in [-0.39, 0.29) is 23.5 Å².